The molecule has 0 unspecified atom stereocenters. The summed E-state index contributed by atoms with van der Waals surface area (Å²) in [6, 6.07) is 15.0. The Hall–Kier alpha value is -3.85. The lowest BCUT2D eigenvalue weighted by atomic mass is 10.0. The lowest BCUT2D eigenvalue weighted by molar-refractivity contribution is -0.274. The van der Waals surface area contributed by atoms with Crippen LogP contribution < -0.4 is 15.2 Å². The molecule has 0 N–H and O–H groups in total. The number of pyridine rings is 2. The van der Waals surface area contributed by atoms with Crippen molar-refractivity contribution < 1.29 is 22.6 Å². The van der Waals surface area contributed by atoms with Crippen LogP contribution in [0.15, 0.2) is 71.8 Å². The summed E-state index contributed by atoms with van der Waals surface area (Å²) in [5.41, 5.74) is 3.51. The van der Waals surface area contributed by atoms with Gasteiger partial charge in [0.05, 0.1) is 23.3 Å². The number of aryl methyl sites for hydroxylation is 1. The van der Waals surface area contributed by atoms with Crippen LogP contribution in [0.1, 0.15) is 19.4 Å². The first kappa shape index (κ1) is 24.8. The molecule has 0 spiro atoms. The Kier molecular flexibility index (Phi) is 6.41. The second kappa shape index (κ2) is 9.55. The van der Waals surface area contributed by atoms with Gasteiger partial charge < -0.3 is 14.4 Å². The molecule has 0 saturated carbocycles. The van der Waals surface area contributed by atoms with Crippen molar-refractivity contribution in [3.05, 3.63) is 82.9 Å². The molecule has 0 bridgehead atoms. The number of aromatic nitrogens is 2. The van der Waals surface area contributed by atoms with Gasteiger partial charge in [0.15, 0.2) is 0 Å². The zero-order valence-corrected chi connectivity index (χ0v) is 20.6. The van der Waals surface area contributed by atoms with E-state index in [2.05, 4.69) is 28.5 Å². The molecule has 5 rings (SSSR count). The summed E-state index contributed by atoms with van der Waals surface area (Å²) >= 11 is 0. The highest BCUT2D eigenvalue weighted by atomic mass is 19.4. The van der Waals surface area contributed by atoms with Crippen molar-refractivity contribution in [1.82, 2.24) is 9.55 Å². The van der Waals surface area contributed by atoms with Gasteiger partial charge in [-0.1, -0.05) is 0 Å². The van der Waals surface area contributed by atoms with Crippen molar-refractivity contribution in [2.75, 3.05) is 18.0 Å². The predicted molar refractivity (Wildman–Crippen MR) is 136 cm³/mol. The van der Waals surface area contributed by atoms with Crippen LogP contribution >= 0.6 is 0 Å². The average molecular weight is 510 g/mol. The maximum atomic E-state index is 13.5. The minimum Gasteiger partial charge on any atom is -0.406 e. The van der Waals surface area contributed by atoms with Gasteiger partial charge in [0.2, 0.25) is 0 Å². The van der Waals surface area contributed by atoms with E-state index in [9.17, 15) is 18.0 Å². The second-order valence-corrected chi connectivity index (χ2v) is 9.32. The van der Waals surface area contributed by atoms with Crippen LogP contribution in [-0.4, -0.2) is 41.2 Å². The van der Waals surface area contributed by atoms with Gasteiger partial charge >= 0.3 is 6.36 Å². The number of nitrogens with zero attached hydrogens (tertiary/aromatic N) is 3. The Bertz CT molecular complexity index is 1470. The van der Waals surface area contributed by atoms with Crippen molar-refractivity contribution in [1.29, 1.82) is 0 Å². The van der Waals surface area contributed by atoms with Crippen LogP contribution in [0, 0.1) is 6.92 Å². The summed E-state index contributed by atoms with van der Waals surface area (Å²) in [5.74, 6) is -0.319. The minimum atomic E-state index is -4.77. The zero-order chi connectivity index (χ0) is 26.3. The number of hydrogen-bond acceptors (Lipinski definition) is 5. The highest BCUT2D eigenvalue weighted by molar-refractivity contribution is 5.96. The molecule has 192 valence electrons. The number of hydrogen-bond donors (Lipinski definition) is 0. The van der Waals surface area contributed by atoms with Gasteiger partial charge in [-0.2, -0.15) is 0 Å². The first-order valence-corrected chi connectivity index (χ1v) is 12.0. The van der Waals surface area contributed by atoms with E-state index in [1.807, 2.05) is 31.2 Å². The van der Waals surface area contributed by atoms with E-state index in [1.54, 1.807) is 16.8 Å². The summed E-state index contributed by atoms with van der Waals surface area (Å²) in [6.07, 6.45) is -1.17. The quantitative estimate of drug-likeness (QED) is 0.344. The van der Waals surface area contributed by atoms with Crippen molar-refractivity contribution in [2.45, 2.75) is 39.3 Å². The van der Waals surface area contributed by atoms with E-state index >= 15 is 0 Å². The molecule has 6 nitrogen and oxygen atoms in total. The standard InChI is InChI=1S/C28H26F3N3O3/c1-17-14-34(22-8-6-21(7-9-22)33-15-18(2)36-19(3)16-33)27(35)24-12-13-32-26(25(17)24)20-4-10-23(11-5-20)37-28(29,30)31/h4-14,18-19H,15-16H2,1-3H3/t18-,19+. The normalized spacial score (nSPS) is 18.3. The topological polar surface area (TPSA) is 56.6 Å². The highest BCUT2D eigenvalue weighted by Gasteiger charge is 2.31. The molecule has 1 saturated heterocycles. The van der Waals surface area contributed by atoms with Gasteiger partial charge in [0.25, 0.3) is 5.56 Å². The van der Waals surface area contributed by atoms with Crippen LogP contribution in [0.5, 0.6) is 5.75 Å². The maximum absolute atomic E-state index is 13.5. The van der Waals surface area contributed by atoms with Gasteiger partial charge in [0, 0.05) is 47.8 Å². The highest BCUT2D eigenvalue weighted by Crippen LogP contribution is 2.31. The largest absolute Gasteiger partial charge is 0.573 e. The fourth-order valence-electron chi connectivity index (χ4n) is 4.92. The summed E-state index contributed by atoms with van der Waals surface area (Å²) < 4.78 is 48.9. The molecule has 2 aromatic carbocycles. The van der Waals surface area contributed by atoms with Crippen molar-refractivity contribution in [2.24, 2.45) is 0 Å². The fraction of sp³-hybridized carbons (Fsp3) is 0.286. The Balaban J connectivity index is 1.50. The van der Waals surface area contributed by atoms with Crippen LogP contribution in [0.4, 0.5) is 18.9 Å². The fourth-order valence-corrected chi connectivity index (χ4v) is 4.92. The lowest BCUT2D eigenvalue weighted by Gasteiger charge is -2.36. The number of benzene rings is 2. The minimum absolute atomic E-state index is 0.144. The van der Waals surface area contributed by atoms with E-state index in [4.69, 9.17) is 4.74 Å². The molecular formula is C28H26F3N3O3. The number of fused-ring (bicyclic) bond motifs is 1. The summed E-state index contributed by atoms with van der Waals surface area (Å²) in [7, 11) is 0. The third-order valence-corrected chi connectivity index (χ3v) is 6.39. The molecule has 0 aliphatic carbocycles. The zero-order valence-electron chi connectivity index (χ0n) is 20.6. The molecule has 37 heavy (non-hydrogen) atoms. The van der Waals surface area contributed by atoms with Crippen LogP contribution in [0.25, 0.3) is 27.7 Å². The second-order valence-electron chi connectivity index (χ2n) is 9.32. The Morgan fingerprint density at radius 1 is 0.946 bits per heavy atom. The van der Waals surface area contributed by atoms with Gasteiger partial charge in [0.1, 0.15) is 5.75 Å². The predicted octanol–water partition coefficient (Wildman–Crippen LogP) is 5.87. The summed E-state index contributed by atoms with van der Waals surface area (Å²) in [6.45, 7) is 7.61. The molecule has 1 aliphatic rings. The van der Waals surface area contributed by atoms with Gasteiger partial charge in [-0.15, -0.1) is 13.2 Å². The van der Waals surface area contributed by atoms with E-state index in [-0.39, 0.29) is 23.5 Å². The third-order valence-electron chi connectivity index (χ3n) is 6.39. The number of ether oxygens (including phenoxy) is 2. The number of alkyl halides is 3. The SMILES string of the molecule is Cc1cn(-c2ccc(N3C[C@@H](C)O[C@@H](C)C3)cc2)c(=O)c2ccnc(-c3ccc(OC(F)(F)F)cc3)c12. The first-order chi connectivity index (χ1) is 17.6. The monoisotopic (exact) mass is 509 g/mol. The number of morpholine rings is 1. The van der Waals surface area contributed by atoms with E-state index in [1.165, 1.54) is 30.5 Å². The van der Waals surface area contributed by atoms with Gasteiger partial charge in [-0.25, -0.2) is 0 Å². The molecule has 4 aromatic rings. The van der Waals surface area contributed by atoms with Crippen molar-refractivity contribution in [3.8, 4) is 22.7 Å². The van der Waals surface area contributed by atoms with E-state index in [0.29, 0.717) is 22.0 Å². The Morgan fingerprint density at radius 2 is 1.57 bits per heavy atom. The number of halogens is 3. The molecule has 2 atom stereocenters. The van der Waals surface area contributed by atoms with Crippen molar-refractivity contribution in [3.63, 3.8) is 0 Å². The summed E-state index contributed by atoms with van der Waals surface area (Å²) in [5, 5.41) is 1.13. The van der Waals surface area contributed by atoms with Crippen LogP contribution in [0.2, 0.25) is 0 Å². The van der Waals surface area contributed by atoms with Crippen molar-refractivity contribution >= 4 is 16.5 Å². The average Bonchev–Trinajstić information content (AvgIpc) is 2.85. The molecule has 9 heteroatoms. The molecule has 2 aromatic heterocycles. The van der Waals surface area contributed by atoms with Gasteiger partial charge in [-0.05, 0) is 80.9 Å². The molecule has 0 amide bonds. The Labute approximate surface area is 211 Å². The van der Waals surface area contributed by atoms with Gasteiger partial charge in [-0.3, -0.25) is 14.3 Å². The maximum Gasteiger partial charge on any atom is 0.573 e. The van der Waals surface area contributed by atoms with Crippen LogP contribution in [-0.2, 0) is 4.74 Å². The molecular weight excluding hydrogens is 483 g/mol. The Morgan fingerprint density at radius 3 is 2.19 bits per heavy atom. The third kappa shape index (κ3) is 5.17. The molecule has 1 fully saturated rings. The molecule has 3 heterocycles. The smallest absolute Gasteiger partial charge is 0.406 e. The molecule has 0 radical (unpaired) electrons. The molecule has 1 aliphatic heterocycles. The summed E-state index contributed by atoms with van der Waals surface area (Å²) in [4.78, 5) is 20.2. The number of anilines is 1. The van der Waals surface area contributed by atoms with Crippen LogP contribution in [0.3, 0.4) is 0 Å². The van der Waals surface area contributed by atoms with E-state index in [0.717, 1.165) is 30.0 Å². The number of rotatable bonds is 4. The first-order valence-electron chi connectivity index (χ1n) is 12.0. The van der Waals surface area contributed by atoms with E-state index < -0.39 is 6.36 Å². The lowest BCUT2D eigenvalue weighted by Crippen LogP contribution is -2.45.